The van der Waals surface area contributed by atoms with E-state index in [0.29, 0.717) is 73.2 Å². The second-order valence-electron chi connectivity index (χ2n) is 8.95. The Labute approximate surface area is 209 Å². The highest BCUT2D eigenvalue weighted by atomic mass is 16.7. The molecule has 0 saturated carbocycles. The minimum Gasteiger partial charge on any atom is -0.486 e. The highest BCUT2D eigenvalue weighted by Gasteiger charge is 2.34. The molecule has 2 amide bonds. The van der Waals surface area contributed by atoms with Gasteiger partial charge in [0.05, 0.1) is 11.7 Å². The molecule has 2 aromatic carbocycles. The number of rotatable bonds is 3. The second kappa shape index (κ2) is 10.1. The molecule has 36 heavy (non-hydrogen) atoms. The summed E-state index contributed by atoms with van der Waals surface area (Å²) in [5.74, 6) is 3.21. The fraction of sp³-hybridized carbons (Fsp3) is 0.400. The molecule has 11 heteroatoms. The van der Waals surface area contributed by atoms with Gasteiger partial charge >= 0.3 is 6.03 Å². The number of nitrogens with one attached hydrogen (secondary N) is 2. The summed E-state index contributed by atoms with van der Waals surface area (Å²) in [5.41, 5.74) is 1.28. The first-order valence-electron chi connectivity index (χ1n) is 11.9. The summed E-state index contributed by atoms with van der Waals surface area (Å²) >= 11 is 0. The summed E-state index contributed by atoms with van der Waals surface area (Å²) in [5, 5.41) is 15.1. The Hall–Kier alpha value is -4.33. The lowest BCUT2D eigenvalue weighted by Gasteiger charge is -2.44. The minimum atomic E-state index is -0.195. The number of carbonyl (C=O) groups excluding carboxylic acids is 1. The van der Waals surface area contributed by atoms with Crippen molar-refractivity contribution in [3.05, 3.63) is 36.4 Å². The lowest BCUT2D eigenvalue weighted by molar-refractivity contribution is 0.118. The van der Waals surface area contributed by atoms with Gasteiger partial charge in [-0.25, -0.2) is 9.79 Å². The molecular formula is C25H28N6O5. The maximum absolute atomic E-state index is 13.1. The Morgan fingerprint density at radius 2 is 1.75 bits per heavy atom. The van der Waals surface area contributed by atoms with E-state index in [9.17, 15) is 10.1 Å². The fourth-order valence-electron chi connectivity index (χ4n) is 4.44. The molecule has 1 unspecified atom stereocenters. The average Bonchev–Trinajstić information content (AvgIpc) is 3.36. The van der Waals surface area contributed by atoms with E-state index in [2.05, 4.69) is 29.5 Å². The van der Waals surface area contributed by atoms with Crippen molar-refractivity contribution in [2.45, 2.75) is 19.9 Å². The molecule has 0 radical (unpaired) electrons. The van der Waals surface area contributed by atoms with Crippen LogP contribution in [0.2, 0.25) is 0 Å². The van der Waals surface area contributed by atoms with Crippen LogP contribution < -0.4 is 29.6 Å². The topological polar surface area (TPSA) is 121 Å². The van der Waals surface area contributed by atoms with Crippen molar-refractivity contribution in [1.82, 2.24) is 15.1 Å². The molecule has 11 nitrogen and oxygen atoms in total. The zero-order valence-electron chi connectivity index (χ0n) is 20.2. The third kappa shape index (κ3) is 4.88. The molecule has 3 heterocycles. The van der Waals surface area contributed by atoms with Gasteiger partial charge in [0.2, 0.25) is 12.8 Å². The summed E-state index contributed by atoms with van der Waals surface area (Å²) in [4.78, 5) is 21.6. The van der Waals surface area contributed by atoms with Gasteiger partial charge in [0, 0.05) is 37.5 Å². The van der Waals surface area contributed by atoms with Crippen LogP contribution in [0.1, 0.15) is 13.8 Å². The Morgan fingerprint density at radius 1 is 1.03 bits per heavy atom. The highest BCUT2D eigenvalue weighted by Crippen LogP contribution is 2.36. The number of hydrogen-bond acceptors (Lipinski definition) is 7. The minimum absolute atomic E-state index is 0.0571. The van der Waals surface area contributed by atoms with Crippen molar-refractivity contribution in [3.63, 3.8) is 0 Å². The molecular weight excluding hydrogens is 464 g/mol. The van der Waals surface area contributed by atoms with E-state index in [1.54, 1.807) is 35.2 Å². The number of amides is 2. The van der Waals surface area contributed by atoms with Crippen molar-refractivity contribution in [3.8, 4) is 29.2 Å². The second-order valence-corrected chi connectivity index (χ2v) is 8.95. The standard InChI is InChI=1S/C25H28N6O5/c1-16(2)19-13-30(25(32)29-18-4-5-20-22(12-18)34-10-9-33-20)7-8-31(19)24(27-14-26)28-17-3-6-21-23(11-17)36-15-35-21/h3-6,11-12,16,19H,7-10,13,15H2,1-2H3,(H,27,28)(H,29,32). The van der Waals surface area contributed by atoms with Gasteiger partial charge in [0.1, 0.15) is 13.2 Å². The number of anilines is 1. The predicted molar refractivity (Wildman–Crippen MR) is 132 cm³/mol. The Morgan fingerprint density at radius 3 is 2.56 bits per heavy atom. The summed E-state index contributed by atoms with van der Waals surface area (Å²) < 4.78 is 22.0. The molecule has 2 aromatic rings. The van der Waals surface area contributed by atoms with Crippen LogP contribution in [0, 0.1) is 17.4 Å². The molecule has 5 rings (SSSR count). The maximum atomic E-state index is 13.1. The summed E-state index contributed by atoms with van der Waals surface area (Å²) in [6.07, 6.45) is 2.00. The van der Waals surface area contributed by atoms with Gasteiger partial charge in [-0.05, 0) is 30.2 Å². The molecule has 2 N–H and O–H groups in total. The monoisotopic (exact) mass is 492 g/mol. The first-order valence-corrected chi connectivity index (χ1v) is 11.9. The normalized spacial score (nSPS) is 18.6. The predicted octanol–water partition coefficient (Wildman–Crippen LogP) is 3.12. The van der Waals surface area contributed by atoms with Crippen LogP contribution in [0.4, 0.5) is 16.2 Å². The molecule has 0 spiro atoms. The number of nitriles is 1. The number of ether oxygens (including phenoxy) is 4. The first kappa shape index (κ1) is 23.4. The fourth-order valence-corrected chi connectivity index (χ4v) is 4.44. The van der Waals surface area contributed by atoms with E-state index in [0.717, 1.165) is 0 Å². The molecule has 1 saturated heterocycles. The summed E-state index contributed by atoms with van der Waals surface area (Å²) in [6.45, 7) is 6.80. The van der Waals surface area contributed by atoms with Gasteiger partial charge in [0.15, 0.2) is 29.2 Å². The third-order valence-corrected chi connectivity index (χ3v) is 6.30. The van der Waals surface area contributed by atoms with E-state index >= 15 is 0 Å². The number of fused-ring (bicyclic) bond motifs is 2. The highest BCUT2D eigenvalue weighted by molar-refractivity contribution is 5.90. The van der Waals surface area contributed by atoms with Gasteiger partial charge in [0.25, 0.3) is 0 Å². The number of guanidine groups is 1. The molecule has 3 aliphatic rings. The van der Waals surface area contributed by atoms with Gasteiger partial charge in [-0.1, -0.05) is 13.8 Å². The third-order valence-electron chi connectivity index (χ3n) is 6.30. The number of piperazine rings is 1. The molecule has 3 aliphatic heterocycles. The molecule has 188 valence electrons. The van der Waals surface area contributed by atoms with Crippen LogP contribution >= 0.6 is 0 Å². The zero-order chi connectivity index (χ0) is 25.1. The van der Waals surface area contributed by atoms with E-state index in [-0.39, 0.29) is 24.8 Å². The molecule has 0 aliphatic carbocycles. The van der Waals surface area contributed by atoms with Crippen molar-refractivity contribution in [2.24, 2.45) is 10.9 Å². The van der Waals surface area contributed by atoms with Crippen LogP contribution in [-0.4, -0.2) is 67.5 Å². The van der Waals surface area contributed by atoms with Crippen LogP contribution in [-0.2, 0) is 0 Å². The van der Waals surface area contributed by atoms with Gasteiger partial charge < -0.3 is 34.1 Å². The number of carbonyl (C=O) groups is 1. The van der Waals surface area contributed by atoms with Gasteiger partial charge in [-0.3, -0.25) is 5.32 Å². The van der Waals surface area contributed by atoms with Crippen LogP contribution in [0.5, 0.6) is 23.0 Å². The largest absolute Gasteiger partial charge is 0.486 e. The Bertz CT molecular complexity index is 1210. The van der Waals surface area contributed by atoms with Crippen molar-refractivity contribution in [1.29, 1.82) is 5.26 Å². The number of nitrogens with zero attached hydrogens (tertiary/aromatic N) is 4. The smallest absolute Gasteiger partial charge is 0.321 e. The van der Waals surface area contributed by atoms with E-state index in [1.807, 2.05) is 17.2 Å². The number of benzene rings is 2. The average molecular weight is 493 g/mol. The Kier molecular flexibility index (Phi) is 6.58. The SMILES string of the molecule is CC(C)C1CN(C(=O)Nc2ccc3c(c2)OCCO3)CCN1C(=Nc1ccc2c(c1)OCO2)NC#N. The van der Waals surface area contributed by atoms with Crippen molar-refractivity contribution < 1.29 is 23.7 Å². The van der Waals surface area contributed by atoms with Crippen LogP contribution in [0.3, 0.4) is 0 Å². The number of hydrogen-bond donors (Lipinski definition) is 2. The van der Waals surface area contributed by atoms with Gasteiger partial charge in [-0.2, -0.15) is 5.26 Å². The van der Waals surface area contributed by atoms with Crippen molar-refractivity contribution in [2.75, 3.05) is 45.0 Å². The van der Waals surface area contributed by atoms with E-state index < -0.39 is 0 Å². The molecule has 0 aromatic heterocycles. The lowest BCUT2D eigenvalue weighted by atomic mass is 10.00. The van der Waals surface area contributed by atoms with Crippen molar-refractivity contribution >= 4 is 23.4 Å². The van der Waals surface area contributed by atoms with Crippen LogP contribution in [0.15, 0.2) is 41.4 Å². The Balaban J connectivity index is 1.30. The summed E-state index contributed by atoms with van der Waals surface area (Å²) in [7, 11) is 0. The number of urea groups is 1. The van der Waals surface area contributed by atoms with Crippen LogP contribution in [0.25, 0.3) is 0 Å². The molecule has 0 bridgehead atoms. The molecule has 1 fully saturated rings. The van der Waals surface area contributed by atoms with E-state index in [1.165, 1.54) is 0 Å². The summed E-state index contributed by atoms with van der Waals surface area (Å²) in [6, 6.07) is 10.5. The zero-order valence-corrected chi connectivity index (χ0v) is 20.2. The van der Waals surface area contributed by atoms with E-state index in [4.69, 9.17) is 18.9 Å². The lowest BCUT2D eigenvalue weighted by Crippen LogP contribution is -2.60. The maximum Gasteiger partial charge on any atom is 0.321 e. The number of aliphatic imine (C=N–C) groups is 1. The quantitative estimate of drug-likeness (QED) is 0.290. The van der Waals surface area contributed by atoms with Gasteiger partial charge in [-0.15, -0.1) is 0 Å². The first-order chi connectivity index (χ1) is 17.5. The molecule has 1 atom stereocenters.